The van der Waals surface area contributed by atoms with Crippen LogP contribution < -0.4 is 11.1 Å². The van der Waals surface area contributed by atoms with Crippen LogP contribution in [0.1, 0.15) is 39.8 Å². The summed E-state index contributed by atoms with van der Waals surface area (Å²) in [5.41, 5.74) is 7.10. The van der Waals surface area contributed by atoms with Gasteiger partial charge < -0.3 is 16.0 Å². The molecule has 16 heavy (non-hydrogen) atoms. The maximum Gasteiger partial charge on any atom is 0.0217 e. The van der Waals surface area contributed by atoms with Crippen LogP contribution in [0.15, 0.2) is 18.3 Å². The minimum absolute atomic E-state index is 0.110. The van der Waals surface area contributed by atoms with Crippen LogP contribution in [0.5, 0.6) is 0 Å². The van der Waals surface area contributed by atoms with Gasteiger partial charge in [0.05, 0.1) is 0 Å². The third-order valence-electron chi connectivity index (χ3n) is 3.11. The van der Waals surface area contributed by atoms with E-state index >= 15 is 0 Å². The molecular formula is C13H25N3. The van der Waals surface area contributed by atoms with Gasteiger partial charge in [0, 0.05) is 29.4 Å². The molecule has 0 aliphatic rings. The smallest absolute Gasteiger partial charge is 0.0217 e. The summed E-state index contributed by atoms with van der Waals surface area (Å²) in [5, 5.41) is 3.59. The Hall–Kier alpha value is -0.800. The molecule has 0 aliphatic heterocycles. The molecule has 0 aromatic carbocycles. The van der Waals surface area contributed by atoms with Gasteiger partial charge in [-0.15, -0.1) is 0 Å². The molecule has 4 N–H and O–H groups in total. The lowest BCUT2D eigenvalue weighted by atomic mass is 9.88. The fraction of sp³-hybridized carbons (Fsp3) is 0.692. The molecule has 0 radical (unpaired) electrons. The zero-order valence-corrected chi connectivity index (χ0v) is 10.9. The van der Waals surface area contributed by atoms with E-state index in [0.717, 1.165) is 19.5 Å². The second kappa shape index (κ2) is 5.02. The van der Waals surface area contributed by atoms with Crippen molar-refractivity contribution in [2.45, 2.75) is 45.1 Å². The fourth-order valence-corrected chi connectivity index (χ4v) is 1.76. The lowest BCUT2D eigenvalue weighted by Crippen LogP contribution is -2.46. The van der Waals surface area contributed by atoms with Gasteiger partial charge in [-0.1, -0.05) is 13.8 Å². The average molecular weight is 223 g/mol. The number of hydrogen-bond donors (Lipinski definition) is 3. The molecule has 0 saturated heterocycles. The predicted octanol–water partition coefficient (Wildman–Crippen LogP) is 2.01. The van der Waals surface area contributed by atoms with Crippen molar-refractivity contribution in [2.75, 3.05) is 13.1 Å². The van der Waals surface area contributed by atoms with Crippen molar-refractivity contribution in [3.63, 3.8) is 0 Å². The Kier molecular flexibility index (Phi) is 4.16. The lowest BCUT2D eigenvalue weighted by Gasteiger charge is -2.32. The molecule has 92 valence electrons. The van der Waals surface area contributed by atoms with Gasteiger partial charge in [-0.2, -0.15) is 0 Å². The van der Waals surface area contributed by atoms with Crippen molar-refractivity contribution in [3.05, 3.63) is 24.0 Å². The first-order valence-corrected chi connectivity index (χ1v) is 5.96. The zero-order valence-electron chi connectivity index (χ0n) is 10.9. The third-order valence-corrected chi connectivity index (χ3v) is 3.11. The molecule has 1 heterocycles. The van der Waals surface area contributed by atoms with Gasteiger partial charge in [-0.25, -0.2) is 0 Å². The molecule has 1 aromatic heterocycles. The molecule has 3 nitrogen and oxygen atoms in total. The molecule has 0 atom stereocenters. The van der Waals surface area contributed by atoms with Gasteiger partial charge in [0.2, 0.25) is 0 Å². The Morgan fingerprint density at radius 3 is 2.50 bits per heavy atom. The first-order chi connectivity index (χ1) is 7.37. The number of nitrogens with one attached hydrogen (secondary N) is 2. The minimum Gasteiger partial charge on any atom is -0.365 e. The van der Waals surface area contributed by atoms with Gasteiger partial charge in [0.15, 0.2) is 0 Å². The molecule has 0 bridgehead atoms. The molecule has 0 unspecified atom stereocenters. The Labute approximate surface area is 98.8 Å². The highest BCUT2D eigenvalue weighted by Gasteiger charge is 2.25. The zero-order chi connectivity index (χ0) is 12.2. The second-order valence-electron chi connectivity index (χ2n) is 5.74. The van der Waals surface area contributed by atoms with Gasteiger partial charge >= 0.3 is 0 Å². The van der Waals surface area contributed by atoms with Crippen molar-refractivity contribution in [3.8, 4) is 0 Å². The van der Waals surface area contributed by atoms with Crippen molar-refractivity contribution >= 4 is 0 Å². The number of H-pyrrole nitrogens is 1. The minimum atomic E-state index is 0.110. The summed E-state index contributed by atoms with van der Waals surface area (Å²) in [4.78, 5) is 3.28. The molecule has 0 aliphatic carbocycles. The highest BCUT2D eigenvalue weighted by Crippen LogP contribution is 2.21. The molecule has 0 spiro atoms. The molecular weight excluding hydrogens is 198 g/mol. The maximum atomic E-state index is 5.60. The average Bonchev–Trinajstić information content (AvgIpc) is 2.68. The molecule has 1 rings (SSSR count). The van der Waals surface area contributed by atoms with E-state index in [1.165, 1.54) is 5.69 Å². The normalized spacial score (nSPS) is 13.1. The molecule has 0 fully saturated rings. The number of rotatable bonds is 6. The van der Waals surface area contributed by atoms with Gasteiger partial charge in [0.25, 0.3) is 0 Å². The van der Waals surface area contributed by atoms with Crippen LogP contribution in [-0.4, -0.2) is 23.6 Å². The summed E-state index contributed by atoms with van der Waals surface area (Å²) in [6, 6.07) is 4.18. The van der Waals surface area contributed by atoms with E-state index in [2.05, 4.69) is 44.1 Å². The van der Waals surface area contributed by atoms with Crippen LogP contribution in [0.4, 0.5) is 0 Å². The van der Waals surface area contributed by atoms with Gasteiger partial charge in [-0.05, 0) is 38.9 Å². The summed E-state index contributed by atoms with van der Waals surface area (Å²) < 4.78 is 0. The quantitative estimate of drug-likeness (QED) is 0.691. The lowest BCUT2D eigenvalue weighted by molar-refractivity contribution is 0.323. The molecule has 3 heteroatoms. The number of aromatic nitrogens is 1. The summed E-state index contributed by atoms with van der Waals surface area (Å²) in [6.45, 7) is 10.5. The van der Waals surface area contributed by atoms with Crippen LogP contribution in [0, 0.1) is 0 Å². The van der Waals surface area contributed by atoms with E-state index in [4.69, 9.17) is 5.73 Å². The SMILES string of the molecule is CC(C)(CCN)NCC(C)(C)c1ccc[nH]1. The van der Waals surface area contributed by atoms with E-state index in [9.17, 15) is 0 Å². The first kappa shape index (κ1) is 13.3. The first-order valence-electron chi connectivity index (χ1n) is 5.96. The van der Waals surface area contributed by atoms with E-state index in [1.807, 2.05) is 12.3 Å². The number of hydrogen-bond acceptors (Lipinski definition) is 2. The van der Waals surface area contributed by atoms with Gasteiger partial charge in [0.1, 0.15) is 0 Å². The molecule has 0 amide bonds. The third kappa shape index (κ3) is 3.65. The molecule has 0 saturated carbocycles. The highest BCUT2D eigenvalue weighted by molar-refractivity contribution is 5.15. The van der Waals surface area contributed by atoms with Crippen LogP contribution in [0.3, 0.4) is 0 Å². The Morgan fingerprint density at radius 1 is 1.31 bits per heavy atom. The largest absolute Gasteiger partial charge is 0.365 e. The summed E-state index contributed by atoms with van der Waals surface area (Å²) in [5.74, 6) is 0. The number of nitrogens with two attached hydrogens (primary N) is 1. The van der Waals surface area contributed by atoms with Crippen LogP contribution in [-0.2, 0) is 5.41 Å². The van der Waals surface area contributed by atoms with Crippen molar-refractivity contribution in [2.24, 2.45) is 5.73 Å². The van der Waals surface area contributed by atoms with Crippen molar-refractivity contribution in [1.82, 2.24) is 10.3 Å². The predicted molar refractivity (Wildman–Crippen MR) is 69.6 cm³/mol. The van der Waals surface area contributed by atoms with E-state index in [-0.39, 0.29) is 11.0 Å². The van der Waals surface area contributed by atoms with Gasteiger partial charge in [-0.3, -0.25) is 0 Å². The summed E-state index contributed by atoms with van der Waals surface area (Å²) in [7, 11) is 0. The van der Waals surface area contributed by atoms with Crippen LogP contribution in [0.25, 0.3) is 0 Å². The topological polar surface area (TPSA) is 53.8 Å². The van der Waals surface area contributed by atoms with Crippen LogP contribution in [0.2, 0.25) is 0 Å². The number of aromatic amines is 1. The Morgan fingerprint density at radius 2 is 2.00 bits per heavy atom. The second-order valence-corrected chi connectivity index (χ2v) is 5.74. The Balaban J connectivity index is 2.54. The fourth-order valence-electron chi connectivity index (χ4n) is 1.76. The summed E-state index contributed by atoms with van der Waals surface area (Å²) in [6.07, 6.45) is 2.97. The van der Waals surface area contributed by atoms with E-state index < -0.39 is 0 Å². The van der Waals surface area contributed by atoms with Crippen molar-refractivity contribution in [1.29, 1.82) is 0 Å². The Bertz CT molecular complexity index is 299. The van der Waals surface area contributed by atoms with Crippen molar-refractivity contribution < 1.29 is 0 Å². The van der Waals surface area contributed by atoms with E-state index in [0.29, 0.717) is 0 Å². The summed E-state index contributed by atoms with van der Waals surface area (Å²) >= 11 is 0. The van der Waals surface area contributed by atoms with E-state index in [1.54, 1.807) is 0 Å². The standard InChI is InChI=1S/C13H25N3/c1-12(2,11-6-5-9-15-11)10-16-13(3,4)7-8-14/h5-6,9,15-16H,7-8,10,14H2,1-4H3. The maximum absolute atomic E-state index is 5.60. The highest BCUT2D eigenvalue weighted by atomic mass is 15.0. The molecule has 1 aromatic rings. The van der Waals surface area contributed by atoms with Crippen LogP contribution >= 0.6 is 0 Å². The monoisotopic (exact) mass is 223 g/mol.